The highest BCUT2D eigenvalue weighted by molar-refractivity contribution is 5.89. The standard InChI is InChI=1S/C14H20N2O3/c1-9(5-6-10-4-3-7-16(10)2)15-13(17)11-8-12(11)14(18)19/h3-4,7,9,11-12H,5-6,8H2,1-2H3,(H,15,17)(H,18,19)/t9-,11-,12+/m1/s1. The summed E-state index contributed by atoms with van der Waals surface area (Å²) in [5, 5.41) is 11.7. The molecule has 104 valence electrons. The van der Waals surface area contributed by atoms with Gasteiger partial charge in [0.15, 0.2) is 0 Å². The number of carbonyl (C=O) groups is 2. The Kier molecular flexibility index (Phi) is 3.93. The Morgan fingerprint density at radius 1 is 1.53 bits per heavy atom. The lowest BCUT2D eigenvalue weighted by molar-refractivity contribution is -0.140. The molecular weight excluding hydrogens is 244 g/mol. The highest BCUT2D eigenvalue weighted by atomic mass is 16.4. The maximum atomic E-state index is 11.8. The number of hydrogen-bond donors (Lipinski definition) is 2. The second kappa shape index (κ2) is 5.47. The van der Waals surface area contributed by atoms with Gasteiger partial charge in [0, 0.05) is 25.0 Å². The topological polar surface area (TPSA) is 71.3 Å². The monoisotopic (exact) mass is 264 g/mol. The smallest absolute Gasteiger partial charge is 0.307 e. The fourth-order valence-electron chi connectivity index (χ4n) is 2.30. The van der Waals surface area contributed by atoms with Crippen LogP contribution in [0, 0.1) is 11.8 Å². The summed E-state index contributed by atoms with van der Waals surface area (Å²) in [6, 6.07) is 4.13. The van der Waals surface area contributed by atoms with Gasteiger partial charge in [-0.1, -0.05) is 0 Å². The molecule has 19 heavy (non-hydrogen) atoms. The number of carbonyl (C=O) groups excluding carboxylic acids is 1. The number of amides is 1. The summed E-state index contributed by atoms with van der Waals surface area (Å²) in [4.78, 5) is 22.5. The lowest BCUT2D eigenvalue weighted by Crippen LogP contribution is -2.34. The van der Waals surface area contributed by atoms with Gasteiger partial charge in [0.05, 0.1) is 11.8 Å². The summed E-state index contributed by atoms with van der Waals surface area (Å²) >= 11 is 0. The number of nitrogens with zero attached hydrogens (tertiary/aromatic N) is 1. The van der Waals surface area contributed by atoms with Crippen molar-refractivity contribution < 1.29 is 14.7 Å². The number of hydrogen-bond acceptors (Lipinski definition) is 2. The first-order valence-electron chi connectivity index (χ1n) is 6.62. The van der Waals surface area contributed by atoms with Gasteiger partial charge in [-0.05, 0) is 38.3 Å². The molecule has 1 amide bonds. The summed E-state index contributed by atoms with van der Waals surface area (Å²) in [7, 11) is 2.00. The van der Waals surface area contributed by atoms with Gasteiger partial charge in [-0.3, -0.25) is 9.59 Å². The molecular formula is C14H20N2O3. The lowest BCUT2D eigenvalue weighted by atomic mass is 10.1. The van der Waals surface area contributed by atoms with E-state index >= 15 is 0 Å². The molecule has 1 saturated carbocycles. The van der Waals surface area contributed by atoms with Crippen molar-refractivity contribution in [1.29, 1.82) is 0 Å². The average Bonchev–Trinajstić information content (AvgIpc) is 3.05. The summed E-state index contributed by atoms with van der Waals surface area (Å²) in [5.41, 5.74) is 1.23. The van der Waals surface area contributed by atoms with Crippen molar-refractivity contribution in [1.82, 2.24) is 9.88 Å². The van der Waals surface area contributed by atoms with E-state index < -0.39 is 11.9 Å². The van der Waals surface area contributed by atoms with Crippen LogP contribution >= 0.6 is 0 Å². The van der Waals surface area contributed by atoms with E-state index in [4.69, 9.17) is 5.11 Å². The van der Waals surface area contributed by atoms with E-state index in [-0.39, 0.29) is 17.9 Å². The molecule has 1 fully saturated rings. The Balaban J connectivity index is 1.73. The van der Waals surface area contributed by atoms with Gasteiger partial charge >= 0.3 is 5.97 Å². The molecule has 3 atom stereocenters. The molecule has 0 radical (unpaired) electrons. The van der Waals surface area contributed by atoms with Gasteiger partial charge in [-0.2, -0.15) is 0 Å². The van der Waals surface area contributed by atoms with Crippen LogP contribution in [0.3, 0.4) is 0 Å². The fourth-order valence-corrected chi connectivity index (χ4v) is 2.30. The zero-order valence-corrected chi connectivity index (χ0v) is 11.3. The van der Waals surface area contributed by atoms with Crippen molar-refractivity contribution in [3.63, 3.8) is 0 Å². The van der Waals surface area contributed by atoms with Crippen molar-refractivity contribution in [3.8, 4) is 0 Å². The zero-order chi connectivity index (χ0) is 14.0. The van der Waals surface area contributed by atoms with Crippen molar-refractivity contribution in [3.05, 3.63) is 24.0 Å². The second-order valence-corrected chi connectivity index (χ2v) is 5.35. The Bertz CT molecular complexity index is 481. The predicted octanol–water partition coefficient (Wildman–Crippen LogP) is 1.18. The van der Waals surface area contributed by atoms with Gasteiger partial charge < -0.3 is 15.0 Å². The molecule has 1 heterocycles. The Labute approximate surface area is 112 Å². The molecule has 0 saturated heterocycles. The van der Waals surface area contributed by atoms with Crippen LogP contribution < -0.4 is 5.32 Å². The highest BCUT2D eigenvalue weighted by Crippen LogP contribution is 2.38. The molecule has 1 aliphatic rings. The fraction of sp³-hybridized carbons (Fsp3) is 0.571. The largest absolute Gasteiger partial charge is 0.481 e. The molecule has 1 aliphatic carbocycles. The molecule has 2 rings (SSSR count). The van der Waals surface area contributed by atoms with E-state index in [0.29, 0.717) is 6.42 Å². The van der Waals surface area contributed by atoms with Crippen LogP contribution in [-0.2, 0) is 23.1 Å². The third-order valence-electron chi connectivity index (χ3n) is 3.72. The molecule has 0 spiro atoms. The molecule has 5 heteroatoms. The van der Waals surface area contributed by atoms with Crippen LogP contribution in [0.5, 0.6) is 0 Å². The van der Waals surface area contributed by atoms with Crippen LogP contribution in [0.2, 0.25) is 0 Å². The van der Waals surface area contributed by atoms with E-state index in [1.807, 2.05) is 26.2 Å². The van der Waals surface area contributed by atoms with E-state index in [2.05, 4.69) is 16.0 Å². The highest BCUT2D eigenvalue weighted by Gasteiger charge is 2.48. The summed E-state index contributed by atoms with van der Waals surface area (Å²) < 4.78 is 2.07. The van der Waals surface area contributed by atoms with Crippen LogP contribution in [0.15, 0.2) is 18.3 Å². The molecule has 0 bridgehead atoms. The predicted molar refractivity (Wildman–Crippen MR) is 70.6 cm³/mol. The molecule has 0 unspecified atom stereocenters. The number of rotatable bonds is 6. The van der Waals surface area contributed by atoms with Gasteiger partial charge in [-0.15, -0.1) is 0 Å². The SMILES string of the molecule is C[C@H](CCc1cccn1C)NC(=O)[C@@H]1C[C@@H]1C(=O)O. The zero-order valence-electron chi connectivity index (χ0n) is 11.3. The van der Waals surface area contributed by atoms with Crippen molar-refractivity contribution in [2.24, 2.45) is 18.9 Å². The van der Waals surface area contributed by atoms with Crippen molar-refractivity contribution in [2.75, 3.05) is 0 Å². The average molecular weight is 264 g/mol. The number of aliphatic carboxylic acids is 1. The Morgan fingerprint density at radius 2 is 2.26 bits per heavy atom. The first kappa shape index (κ1) is 13.6. The summed E-state index contributed by atoms with van der Waals surface area (Å²) in [5.74, 6) is -1.78. The van der Waals surface area contributed by atoms with Crippen molar-refractivity contribution >= 4 is 11.9 Å². The maximum absolute atomic E-state index is 11.8. The normalized spacial score (nSPS) is 22.8. The number of aryl methyl sites for hydroxylation is 2. The first-order chi connectivity index (χ1) is 8.99. The number of carboxylic acids is 1. The number of nitrogens with one attached hydrogen (secondary N) is 1. The van der Waals surface area contributed by atoms with Gasteiger partial charge in [0.1, 0.15) is 0 Å². The molecule has 1 aromatic heterocycles. The molecule has 0 aromatic carbocycles. The third-order valence-corrected chi connectivity index (χ3v) is 3.72. The minimum atomic E-state index is -0.864. The Hall–Kier alpha value is -1.78. The molecule has 1 aromatic rings. The first-order valence-corrected chi connectivity index (χ1v) is 6.62. The summed E-state index contributed by atoms with van der Waals surface area (Å²) in [6.45, 7) is 1.96. The van der Waals surface area contributed by atoms with Crippen LogP contribution in [0.25, 0.3) is 0 Å². The summed E-state index contributed by atoms with van der Waals surface area (Å²) in [6.07, 6.45) is 4.23. The molecule has 2 N–H and O–H groups in total. The number of aromatic nitrogens is 1. The van der Waals surface area contributed by atoms with Crippen LogP contribution in [0.4, 0.5) is 0 Å². The molecule has 5 nitrogen and oxygen atoms in total. The molecule has 0 aliphatic heterocycles. The van der Waals surface area contributed by atoms with Crippen LogP contribution in [0.1, 0.15) is 25.5 Å². The van der Waals surface area contributed by atoms with Crippen molar-refractivity contribution in [2.45, 2.75) is 32.2 Å². The lowest BCUT2D eigenvalue weighted by Gasteiger charge is -2.14. The Morgan fingerprint density at radius 3 is 2.79 bits per heavy atom. The van der Waals surface area contributed by atoms with Gasteiger partial charge in [0.25, 0.3) is 0 Å². The second-order valence-electron chi connectivity index (χ2n) is 5.35. The van der Waals surface area contributed by atoms with Crippen LogP contribution in [-0.4, -0.2) is 27.6 Å². The minimum Gasteiger partial charge on any atom is -0.481 e. The quantitative estimate of drug-likeness (QED) is 0.810. The van der Waals surface area contributed by atoms with Gasteiger partial charge in [-0.25, -0.2) is 0 Å². The van der Waals surface area contributed by atoms with Gasteiger partial charge in [0.2, 0.25) is 5.91 Å². The minimum absolute atomic E-state index is 0.0671. The number of carboxylic acid groups (broad SMARTS) is 1. The van der Waals surface area contributed by atoms with E-state index in [9.17, 15) is 9.59 Å². The van der Waals surface area contributed by atoms with E-state index in [1.165, 1.54) is 5.69 Å². The third kappa shape index (κ3) is 3.36. The maximum Gasteiger partial charge on any atom is 0.307 e. The van der Waals surface area contributed by atoms with E-state index in [0.717, 1.165) is 12.8 Å². The van der Waals surface area contributed by atoms with E-state index in [1.54, 1.807) is 0 Å².